The number of nitrogens with zero attached hydrogens (tertiary/aromatic N) is 2. The monoisotopic (exact) mass is 744 g/mol. The molecule has 0 amide bonds. The molecule has 0 fully saturated rings. The summed E-state index contributed by atoms with van der Waals surface area (Å²) in [5, 5.41) is 1.14. The number of ether oxygens (including phenoxy) is 1. The predicted octanol–water partition coefficient (Wildman–Crippen LogP) is 14.0. The normalized spacial score (nSPS) is 13.2. The molecule has 2 aliphatic rings. The fourth-order valence-electron chi connectivity index (χ4n) is 9.27. The summed E-state index contributed by atoms with van der Waals surface area (Å²) in [4.78, 5) is 11.0. The Hall–Kier alpha value is -7.14. The third-order valence-corrected chi connectivity index (χ3v) is 12.9. The Balaban J connectivity index is 1.14. The standard InChI is InChI=1S/C53H32N2OS/c1-3-15-33(16-4-1)36-29-37(34-17-5-2-6-18-34)31-38(30-36)52-54-49(51-50(55-52)41-20-8-14-26-48(41)57-51)35-27-28-40-39-19-7-9-21-42(39)53(45(40)32-35)43-22-10-12-24-46(43)56-47-25-13-11-23-44(47)53/h1-32H. The van der Waals surface area contributed by atoms with Crippen molar-refractivity contribution in [3.05, 3.63) is 216 Å². The second-order valence-corrected chi connectivity index (χ2v) is 15.9. The molecule has 0 saturated carbocycles. The zero-order valence-corrected chi connectivity index (χ0v) is 31.5. The second kappa shape index (κ2) is 12.4. The molecule has 0 N–H and O–H groups in total. The summed E-state index contributed by atoms with van der Waals surface area (Å²) in [6, 6.07) is 69.4. The SMILES string of the molecule is c1ccc(-c2cc(-c3ccccc3)cc(-c3nc(-c4ccc5c(c4)C4(c6ccccc6Oc6ccccc64)c4ccccc4-5)c4sc5ccccc5c4n3)c2)cc1. The van der Waals surface area contributed by atoms with E-state index in [9.17, 15) is 0 Å². The fraction of sp³-hybridized carbons (Fsp3) is 0.0189. The minimum Gasteiger partial charge on any atom is -0.457 e. The second-order valence-electron chi connectivity index (χ2n) is 14.9. The van der Waals surface area contributed by atoms with E-state index in [2.05, 4.69) is 194 Å². The van der Waals surface area contributed by atoms with E-state index in [0.29, 0.717) is 5.82 Å². The zero-order valence-electron chi connectivity index (χ0n) is 30.7. The van der Waals surface area contributed by atoms with Gasteiger partial charge in [-0.25, -0.2) is 9.97 Å². The Kier molecular flexibility index (Phi) is 7.01. The zero-order chi connectivity index (χ0) is 37.5. The van der Waals surface area contributed by atoms with Gasteiger partial charge in [0.2, 0.25) is 0 Å². The Morgan fingerprint density at radius 3 is 1.67 bits per heavy atom. The Bertz CT molecular complexity index is 3120. The van der Waals surface area contributed by atoms with E-state index in [1.807, 2.05) is 0 Å². The summed E-state index contributed by atoms with van der Waals surface area (Å²) in [6.07, 6.45) is 0. The molecule has 12 rings (SSSR count). The maximum Gasteiger partial charge on any atom is 0.160 e. The summed E-state index contributed by atoms with van der Waals surface area (Å²) in [7, 11) is 0. The number of thiophene rings is 1. The molecule has 0 bridgehead atoms. The van der Waals surface area contributed by atoms with Crippen LogP contribution in [0.4, 0.5) is 0 Å². The van der Waals surface area contributed by atoms with Crippen LogP contribution < -0.4 is 4.74 Å². The number of hydrogen-bond donors (Lipinski definition) is 0. The number of hydrogen-bond acceptors (Lipinski definition) is 4. The molecule has 2 aromatic heterocycles. The number of fused-ring (bicyclic) bond motifs is 12. The average molecular weight is 745 g/mol. The van der Waals surface area contributed by atoms with Crippen LogP contribution in [0.2, 0.25) is 0 Å². The van der Waals surface area contributed by atoms with Gasteiger partial charge in [0, 0.05) is 32.3 Å². The van der Waals surface area contributed by atoms with E-state index in [4.69, 9.17) is 14.7 Å². The summed E-state index contributed by atoms with van der Waals surface area (Å²) < 4.78 is 8.91. The van der Waals surface area contributed by atoms with Gasteiger partial charge in [-0.3, -0.25) is 0 Å². The third kappa shape index (κ3) is 4.78. The number of aromatic nitrogens is 2. The molecule has 1 spiro atoms. The van der Waals surface area contributed by atoms with Crippen LogP contribution in [0, 0.1) is 0 Å². The summed E-state index contributed by atoms with van der Waals surface area (Å²) >= 11 is 1.77. The molecule has 0 saturated heterocycles. The highest BCUT2D eigenvalue weighted by atomic mass is 32.1. The van der Waals surface area contributed by atoms with Crippen molar-refractivity contribution < 1.29 is 4.74 Å². The molecule has 3 heterocycles. The van der Waals surface area contributed by atoms with Gasteiger partial charge in [0.15, 0.2) is 5.82 Å². The first-order valence-corrected chi connectivity index (χ1v) is 20.1. The van der Waals surface area contributed by atoms with E-state index in [0.717, 1.165) is 77.3 Å². The van der Waals surface area contributed by atoms with Crippen molar-refractivity contribution in [3.8, 4) is 67.5 Å². The quantitative estimate of drug-likeness (QED) is 0.180. The fourth-order valence-corrected chi connectivity index (χ4v) is 10.4. The van der Waals surface area contributed by atoms with Gasteiger partial charge in [0.1, 0.15) is 11.5 Å². The van der Waals surface area contributed by atoms with Gasteiger partial charge in [-0.1, -0.05) is 152 Å². The largest absolute Gasteiger partial charge is 0.457 e. The number of rotatable bonds is 4. The first kappa shape index (κ1) is 32.1. The highest BCUT2D eigenvalue weighted by molar-refractivity contribution is 7.26. The molecule has 266 valence electrons. The summed E-state index contributed by atoms with van der Waals surface area (Å²) in [6.45, 7) is 0. The van der Waals surface area contributed by atoms with Gasteiger partial charge in [0.25, 0.3) is 0 Å². The minimum absolute atomic E-state index is 0.572. The smallest absolute Gasteiger partial charge is 0.160 e. The molecule has 0 atom stereocenters. The molecule has 1 aliphatic heterocycles. The van der Waals surface area contributed by atoms with Crippen LogP contribution in [0.1, 0.15) is 22.3 Å². The Morgan fingerprint density at radius 2 is 0.965 bits per heavy atom. The van der Waals surface area contributed by atoms with Crippen molar-refractivity contribution in [1.82, 2.24) is 9.97 Å². The van der Waals surface area contributed by atoms with Gasteiger partial charge in [0.05, 0.1) is 21.3 Å². The van der Waals surface area contributed by atoms with Crippen LogP contribution >= 0.6 is 11.3 Å². The number of benzene rings is 8. The summed E-state index contributed by atoms with van der Waals surface area (Å²) in [5.41, 5.74) is 15.2. The van der Waals surface area contributed by atoms with E-state index in [-0.39, 0.29) is 0 Å². The van der Waals surface area contributed by atoms with Crippen LogP contribution in [0.5, 0.6) is 11.5 Å². The van der Waals surface area contributed by atoms with Gasteiger partial charge >= 0.3 is 0 Å². The van der Waals surface area contributed by atoms with Gasteiger partial charge in [-0.2, -0.15) is 0 Å². The average Bonchev–Trinajstić information content (AvgIpc) is 3.80. The van der Waals surface area contributed by atoms with Crippen molar-refractivity contribution in [2.75, 3.05) is 0 Å². The lowest BCUT2D eigenvalue weighted by Gasteiger charge is -2.39. The highest BCUT2D eigenvalue weighted by Crippen LogP contribution is 2.62. The molecule has 1 aliphatic carbocycles. The Morgan fingerprint density at radius 1 is 0.404 bits per heavy atom. The number of para-hydroxylation sites is 2. The molecule has 57 heavy (non-hydrogen) atoms. The van der Waals surface area contributed by atoms with E-state index >= 15 is 0 Å². The molecule has 8 aromatic carbocycles. The van der Waals surface area contributed by atoms with Crippen molar-refractivity contribution in [2.24, 2.45) is 0 Å². The highest BCUT2D eigenvalue weighted by Gasteiger charge is 2.51. The van der Waals surface area contributed by atoms with E-state index in [1.165, 1.54) is 27.0 Å². The summed E-state index contributed by atoms with van der Waals surface area (Å²) in [5.74, 6) is 2.47. The lowest BCUT2D eigenvalue weighted by molar-refractivity contribution is 0.436. The lowest BCUT2D eigenvalue weighted by Crippen LogP contribution is -2.32. The van der Waals surface area contributed by atoms with Crippen molar-refractivity contribution in [3.63, 3.8) is 0 Å². The Labute approximate surface area is 334 Å². The molecule has 10 aromatic rings. The van der Waals surface area contributed by atoms with Crippen molar-refractivity contribution in [1.29, 1.82) is 0 Å². The van der Waals surface area contributed by atoms with Crippen LogP contribution in [0.3, 0.4) is 0 Å². The van der Waals surface area contributed by atoms with Gasteiger partial charge < -0.3 is 4.74 Å². The molecule has 0 unspecified atom stereocenters. The van der Waals surface area contributed by atoms with Crippen LogP contribution in [0.15, 0.2) is 194 Å². The topological polar surface area (TPSA) is 35.0 Å². The van der Waals surface area contributed by atoms with Crippen molar-refractivity contribution in [2.45, 2.75) is 5.41 Å². The van der Waals surface area contributed by atoms with Crippen LogP contribution in [-0.4, -0.2) is 9.97 Å². The molecular formula is C53H32N2OS. The molecular weight excluding hydrogens is 713 g/mol. The third-order valence-electron chi connectivity index (χ3n) is 11.7. The maximum absolute atomic E-state index is 6.63. The van der Waals surface area contributed by atoms with E-state index < -0.39 is 5.41 Å². The predicted molar refractivity (Wildman–Crippen MR) is 234 cm³/mol. The molecule has 3 nitrogen and oxygen atoms in total. The molecule has 0 radical (unpaired) electrons. The first-order chi connectivity index (χ1) is 28.2. The lowest BCUT2D eigenvalue weighted by atomic mass is 9.66. The van der Waals surface area contributed by atoms with E-state index in [1.54, 1.807) is 11.3 Å². The molecule has 4 heteroatoms. The first-order valence-electron chi connectivity index (χ1n) is 19.3. The van der Waals surface area contributed by atoms with Crippen LogP contribution in [-0.2, 0) is 5.41 Å². The van der Waals surface area contributed by atoms with Crippen molar-refractivity contribution >= 4 is 31.6 Å². The van der Waals surface area contributed by atoms with Gasteiger partial charge in [-0.05, 0) is 87.0 Å². The minimum atomic E-state index is -0.572. The van der Waals surface area contributed by atoms with Gasteiger partial charge in [-0.15, -0.1) is 11.3 Å². The maximum atomic E-state index is 6.63. The van der Waals surface area contributed by atoms with Crippen LogP contribution in [0.25, 0.3) is 76.3 Å².